The van der Waals surface area contributed by atoms with Crippen LogP contribution in [0.5, 0.6) is 5.75 Å². The molecule has 1 aliphatic rings. The predicted octanol–water partition coefficient (Wildman–Crippen LogP) is 3.47. The minimum atomic E-state index is -3.86. The number of sulfonamides is 1. The molecule has 1 fully saturated rings. The number of nitrogens with zero attached hydrogens (tertiary/aromatic N) is 3. The second kappa shape index (κ2) is 9.45. The third kappa shape index (κ3) is 4.58. The number of furan rings is 1. The van der Waals surface area contributed by atoms with Crippen LogP contribution in [0.15, 0.2) is 39.6 Å². The second-order valence-electron chi connectivity index (χ2n) is 7.31. The molecule has 1 atom stereocenters. The first-order chi connectivity index (χ1) is 15.4. The van der Waals surface area contributed by atoms with Crippen LogP contribution >= 0.6 is 11.7 Å². The zero-order valence-electron chi connectivity index (χ0n) is 17.7. The van der Waals surface area contributed by atoms with Gasteiger partial charge in [-0.25, -0.2) is 8.42 Å². The second-order valence-corrected chi connectivity index (χ2v) is 9.74. The van der Waals surface area contributed by atoms with E-state index in [4.69, 9.17) is 9.15 Å². The van der Waals surface area contributed by atoms with E-state index in [2.05, 4.69) is 19.4 Å². The van der Waals surface area contributed by atoms with Gasteiger partial charge in [-0.15, -0.1) is 0 Å². The smallest absolute Gasteiger partial charge is 0.246 e. The van der Waals surface area contributed by atoms with Crippen molar-refractivity contribution < 1.29 is 22.7 Å². The van der Waals surface area contributed by atoms with Crippen LogP contribution in [-0.2, 0) is 14.8 Å². The van der Waals surface area contributed by atoms with E-state index in [9.17, 15) is 13.5 Å². The first-order valence-electron chi connectivity index (χ1n) is 10.2. The summed E-state index contributed by atoms with van der Waals surface area (Å²) in [6.07, 6.45) is 0.752. The number of phenols is 1. The number of benzene rings is 1. The predicted molar refractivity (Wildman–Crippen MR) is 121 cm³/mol. The first-order valence-corrected chi connectivity index (χ1v) is 12.4. The standard InChI is InChI=1S/C20H25N5O5S2/c1-3-14(16-8-7-13(2)30-16)21-19-20(24-31-23-19)22-15-5-4-6-17(18(15)26)32(27,28)25-9-11-29-12-10-25/h4-8,14,26H,3,9-12H2,1-2H3,(H,21,23)(H,22,24)/t14-/m1/s1. The first kappa shape index (κ1) is 22.5. The summed E-state index contributed by atoms with van der Waals surface area (Å²) in [5.41, 5.74) is 0.219. The van der Waals surface area contributed by atoms with Gasteiger partial charge in [0.15, 0.2) is 17.4 Å². The maximum Gasteiger partial charge on any atom is 0.246 e. The van der Waals surface area contributed by atoms with Crippen molar-refractivity contribution in [2.24, 2.45) is 0 Å². The van der Waals surface area contributed by atoms with Gasteiger partial charge >= 0.3 is 0 Å². The zero-order chi connectivity index (χ0) is 22.7. The van der Waals surface area contributed by atoms with Crippen LogP contribution in [0.4, 0.5) is 17.3 Å². The number of anilines is 3. The summed E-state index contributed by atoms with van der Waals surface area (Å²) in [7, 11) is -3.86. The lowest BCUT2D eigenvalue weighted by molar-refractivity contribution is 0.0729. The molecule has 4 rings (SSSR count). The molecular weight excluding hydrogens is 454 g/mol. The fourth-order valence-electron chi connectivity index (χ4n) is 3.43. The number of phenolic OH excluding ortho intramolecular Hbond substituents is 1. The Balaban J connectivity index is 1.57. The molecule has 1 saturated heterocycles. The highest BCUT2D eigenvalue weighted by Gasteiger charge is 2.30. The molecule has 0 amide bonds. The fraction of sp³-hybridized carbons (Fsp3) is 0.400. The van der Waals surface area contributed by atoms with Crippen molar-refractivity contribution in [1.29, 1.82) is 0 Å². The number of hydrogen-bond acceptors (Lipinski definition) is 10. The Morgan fingerprint density at radius 2 is 1.94 bits per heavy atom. The van der Waals surface area contributed by atoms with Crippen LogP contribution in [0.2, 0.25) is 0 Å². The van der Waals surface area contributed by atoms with Crippen molar-refractivity contribution in [3.8, 4) is 5.75 Å². The lowest BCUT2D eigenvalue weighted by Crippen LogP contribution is -2.40. The van der Waals surface area contributed by atoms with E-state index in [-0.39, 0.29) is 35.5 Å². The number of hydrogen-bond donors (Lipinski definition) is 3. The molecule has 3 heterocycles. The summed E-state index contributed by atoms with van der Waals surface area (Å²) in [6, 6.07) is 8.24. The number of para-hydroxylation sites is 1. The summed E-state index contributed by atoms with van der Waals surface area (Å²) in [5.74, 6) is 2.10. The van der Waals surface area contributed by atoms with Gasteiger partial charge in [-0.05, 0) is 37.6 Å². The molecule has 1 aromatic carbocycles. The molecule has 0 spiro atoms. The quantitative estimate of drug-likeness (QED) is 0.416. The minimum Gasteiger partial charge on any atom is -0.504 e. The Labute approximate surface area is 190 Å². The van der Waals surface area contributed by atoms with E-state index in [1.807, 2.05) is 26.0 Å². The number of nitrogens with one attached hydrogen (secondary N) is 2. The summed E-state index contributed by atoms with van der Waals surface area (Å²) < 4.78 is 46.8. The number of rotatable bonds is 8. The molecule has 0 aliphatic carbocycles. The SMILES string of the molecule is CC[C@@H](Nc1nsnc1Nc1cccc(S(=O)(=O)N2CCOCC2)c1O)c1ccc(C)o1. The largest absolute Gasteiger partial charge is 0.504 e. The molecule has 0 bridgehead atoms. The minimum absolute atomic E-state index is 0.116. The number of aromatic hydroxyl groups is 1. The Hall–Kier alpha value is -2.67. The van der Waals surface area contributed by atoms with Gasteiger partial charge in [0.25, 0.3) is 0 Å². The highest BCUT2D eigenvalue weighted by molar-refractivity contribution is 7.89. The van der Waals surface area contributed by atoms with Crippen molar-refractivity contribution in [1.82, 2.24) is 13.1 Å². The highest BCUT2D eigenvalue weighted by Crippen LogP contribution is 2.36. The monoisotopic (exact) mass is 479 g/mol. The third-order valence-corrected chi connectivity index (χ3v) is 7.61. The van der Waals surface area contributed by atoms with E-state index >= 15 is 0 Å². The van der Waals surface area contributed by atoms with Crippen LogP contribution < -0.4 is 10.6 Å². The molecule has 172 valence electrons. The van der Waals surface area contributed by atoms with Gasteiger partial charge in [0, 0.05) is 13.1 Å². The molecule has 32 heavy (non-hydrogen) atoms. The van der Waals surface area contributed by atoms with Crippen LogP contribution in [0, 0.1) is 6.92 Å². The van der Waals surface area contributed by atoms with Gasteiger partial charge in [-0.3, -0.25) is 0 Å². The summed E-state index contributed by atoms with van der Waals surface area (Å²) in [5, 5.41) is 17.1. The maximum atomic E-state index is 13.0. The van der Waals surface area contributed by atoms with E-state index in [1.165, 1.54) is 10.4 Å². The lowest BCUT2D eigenvalue weighted by Gasteiger charge is -2.26. The Kier molecular flexibility index (Phi) is 6.65. The Morgan fingerprint density at radius 3 is 2.62 bits per heavy atom. The molecule has 12 heteroatoms. The van der Waals surface area contributed by atoms with Gasteiger partial charge in [0.1, 0.15) is 16.4 Å². The van der Waals surface area contributed by atoms with E-state index < -0.39 is 10.0 Å². The van der Waals surface area contributed by atoms with Crippen LogP contribution in [0.25, 0.3) is 0 Å². The third-order valence-electron chi connectivity index (χ3n) is 5.15. The van der Waals surface area contributed by atoms with Gasteiger partial charge in [-0.1, -0.05) is 13.0 Å². The van der Waals surface area contributed by atoms with Crippen LogP contribution in [0.3, 0.4) is 0 Å². The Bertz CT molecular complexity index is 1170. The van der Waals surface area contributed by atoms with Gasteiger partial charge < -0.3 is 24.9 Å². The van der Waals surface area contributed by atoms with Crippen molar-refractivity contribution >= 4 is 39.1 Å². The van der Waals surface area contributed by atoms with Crippen molar-refractivity contribution in [3.05, 3.63) is 41.9 Å². The Morgan fingerprint density at radius 1 is 1.19 bits per heavy atom. The highest BCUT2D eigenvalue weighted by atomic mass is 32.2. The van der Waals surface area contributed by atoms with Crippen molar-refractivity contribution in [2.45, 2.75) is 31.2 Å². The van der Waals surface area contributed by atoms with Gasteiger partial charge in [0.2, 0.25) is 10.0 Å². The van der Waals surface area contributed by atoms with Crippen LogP contribution in [-0.4, -0.2) is 52.9 Å². The van der Waals surface area contributed by atoms with Crippen molar-refractivity contribution in [3.63, 3.8) is 0 Å². The van der Waals surface area contributed by atoms with E-state index in [1.54, 1.807) is 12.1 Å². The molecule has 0 unspecified atom stereocenters. The fourth-order valence-corrected chi connectivity index (χ4v) is 5.42. The number of ether oxygens (including phenoxy) is 1. The number of aryl methyl sites for hydroxylation is 1. The number of aromatic nitrogens is 2. The summed E-state index contributed by atoms with van der Waals surface area (Å²) in [4.78, 5) is -0.167. The molecule has 3 N–H and O–H groups in total. The average molecular weight is 480 g/mol. The normalized spacial score (nSPS) is 16.1. The van der Waals surface area contributed by atoms with E-state index in [0.717, 1.165) is 29.7 Å². The lowest BCUT2D eigenvalue weighted by atomic mass is 10.2. The average Bonchev–Trinajstić information content (AvgIpc) is 3.42. The molecule has 10 nitrogen and oxygen atoms in total. The topological polar surface area (TPSA) is 130 Å². The molecule has 0 radical (unpaired) electrons. The summed E-state index contributed by atoms with van der Waals surface area (Å²) >= 11 is 0.999. The zero-order valence-corrected chi connectivity index (χ0v) is 19.4. The molecular formula is C20H25N5O5S2. The molecule has 1 aliphatic heterocycles. The van der Waals surface area contributed by atoms with Crippen molar-refractivity contribution in [2.75, 3.05) is 36.9 Å². The van der Waals surface area contributed by atoms with E-state index in [0.29, 0.717) is 24.8 Å². The van der Waals surface area contributed by atoms with Gasteiger partial charge in [-0.2, -0.15) is 13.1 Å². The molecule has 0 saturated carbocycles. The molecule has 2 aromatic heterocycles. The number of morpholine rings is 1. The maximum absolute atomic E-state index is 13.0. The summed E-state index contributed by atoms with van der Waals surface area (Å²) in [6.45, 7) is 5.04. The van der Waals surface area contributed by atoms with Gasteiger partial charge in [0.05, 0.1) is 36.7 Å². The van der Waals surface area contributed by atoms with Crippen LogP contribution in [0.1, 0.15) is 30.9 Å². The molecule has 3 aromatic rings.